The molecule has 0 aliphatic rings. The summed E-state index contributed by atoms with van der Waals surface area (Å²) in [6.07, 6.45) is 6.36. The number of hydrogen-bond acceptors (Lipinski definition) is 2. The number of rotatable bonds is 8. The molecule has 0 saturated carbocycles. The topological polar surface area (TPSA) is 18.5 Å². The van der Waals surface area contributed by atoms with Crippen molar-refractivity contribution in [3.8, 4) is 0 Å². The lowest BCUT2D eigenvalue weighted by Gasteiger charge is -2.21. The first-order valence-corrected chi connectivity index (χ1v) is 6.96. The van der Waals surface area contributed by atoms with E-state index in [1.807, 2.05) is 0 Å². The molecule has 0 radical (unpaired) electrons. The number of unbranched alkanes of at least 4 members (excludes halogenated alkanes) is 1. The summed E-state index contributed by atoms with van der Waals surface area (Å²) >= 11 is 0. The highest BCUT2D eigenvalue weighted by Crippen LogP contribution is 2.24. The van der Waals surface area contributed by atoms with E-state index in [0.717, 1.165) is 0 Å². The third-order valence-corrected chi connectivity index (χ3v) is 4.80. The highest BCUT2D eigenvalue weighted by Gasteiger charge is 2.22. The van der Waals surface area contributed by atoms with Gasteiger partial charge < -0.3 is 8.85 Å². The first kappa shape index (κ1) is 13.1. The first-order valence-electron chi connectivity index (χ1n) is 5.35. The van der Waals surface area contributed by atoms with Crippen LogP contribution < -0.4 is 0 Å². The van der Waals surface area contributed by atoms with Crippen LogP contribution in [0.15, 0.2) is 0 Å². The van der Waals surface area contributed by atoms with Crippen molar-refractivity contribution in [2.75, 3.05) is 14.2 Å². The molecule has 0 bridgehead atoms. The van der Waals surface area contributed by atoms with Crippen LogP contribution in [0.25, 0.3) is 0 Å². The van der Waals surface area contributed by atoms with Gasteiger partial charge in [0, 0.05) is 14.2 Å². The fourth-order valence-corrected chi connectivity index (χ4v) is 3.81. The van der Waals surface area contributed by atoms with Crippen LogP contribution in [-0.4, -0.2) is 23.5 Å². The van der Waals surface area contributed by atoms with Crippen molar-refractivity contribution >= 4 is 9.28 Å². The molecule has 0 aliphatic heterocycles. The van der Waals surface area contributed by atoms with Gasteiger partial charge in [-0.3, -0.25) is 0 Å². The molecule has 0 N–H and O–H groups in total. The molecule has 13 heavy (non-hydrogen) atoms. The summed E-state index contributed by atoms with van der Waals surface area (Å²) in [5, 5.41) is 0. The van der Waals surface area contributed by atoms with Crippen LogP contribution in [0.2, 0.25) is 5.54 Å². The lowest BCUT2D eigenvalue weighted by Crippen LogP contribution is -2.26. The van der Waals surface area contributed by atoms with Gasteiger partial charge in [0.05, 0.1) is 0 Å². The molecule has 0 aromatic carbocycles. The molecule has 1 unspecified atom stereocenters. The summed E-state index contributed by atoms with van der Waals surface area (Å²) in [4.78, 5) is 0. The van der Waals surface area contributed by atoms with Crippen LogP contribution in [0.5, 0.6) is 0 Å². The first-order chi connectivity index (χ1) is 6.29. The Kier molecular flexibility index (Phi) is 8.81. The van der Waals surface area contributed by atoms with Gasteiger partial charge in [0.1, 0.15) is 0 Å². The van der Waals surface area contributed by atoms with E-state index < -0.39 is 9.28 Å². The van der Waals surface area contributed by atoms with Crippen LogP contribution in [0.3, 0.4) is 0 Å². The minimum atomic E-state index is -1.36. The van der Waals surface area contributed by atoms with Crippen LogP contribution in [0, 0.1) is 0 Å². The largest absolute Gasteiger partial charge is 0.400 e. The fraction of sp³-hybridized carbons (Fsp3) is 1.00. The van der Waals surface area contributed by atoms with Crippen molar-refractivity contribution in [1.29, 1.82) is 0 Å². The Bertz CT molecular complexity index is 105. The third-order valence-electron chi connectivity index (χ3n) is 2.44. The lowest BCUT2D eigenvalue weighted by molar-refractivity contribution is 0.258. The molecule has 0 spiro atoms. The molecular weight excluding hydrogens is 180 g/mol. The molecule has 3 heteroatoms. The molecule has 0 aromatic heterocycles. The molecule has 0 aliphatic carbocycles. The van der Waals surface area contributed by atoms with E-state index in [0.29, 0.717) is 5.54 Å². The molecule has 0 aromatic rings. The van der Waals surface area contributed by atoms with Gasteiger partial charge in [0.2, 0.25) is 0 Å². The van der Waals surface area contributed by atoms with Crippen molar-refractivity contribution in [2.24, 2.45) is 0 Å². The van der Waals surface area contributed by atoms with Crippen LogP contribution in [-0.2, 0) is 8.85 Å². The van der Waals surface area contributed by atoms with E-state index >= 15 is 0 Å². The maximum Gasteiger partial charge on any atom is 0.324 e. The zero-order chi connectivity index (χ0) is 10.1. The van der Waals surface area contributed by atoms with E-state index in [1.54, 1.807) is 14.2 Å². The van der Waals surface area contributed by atoms with Gasteiger partial charge in [-0.15, -0.1) is 0 Å². The van der Waals surface area contributed by atoms with Crippen LogP contribution in [0.4, 0.5) is 0 Å². The molecule has 0 fully saturated rings. The van der Waals surface area contributed by atoms with Crippen molar-refractivity contribution in [3.63, 3.8) is 0 Å². The predicted molar refractivity (Wildman–Crippen MR) is 59.4 cm³/mol. The van der Waals surface area contributed by atoms with Gasteiger partial charge in [-0.1, -0.05) is 33.1 Å². The minimum Gasteiger partial charge on any atom is -0.400 e. The van der Waals surface area contributed by atoms with Gasteiger partial charge in [-0.2, -0.15) is 0 Å². The summed E-state index contributed by atoms with van der Waals surface area (Å²) in [5.74, 6) is 0. The highest BCUT2D eigenvalue weighted by molar-refractivity contribution is 6.46. The Hall–Kier alpha value is 0.137. The van der Waals surface area contributed by atoms with Crippen molar-refractivity contribution < 1.29 is 8.85 Å². The van der Waals surface area contributed by atoms with Crippen LogP contribution in [0.1, 0.15) is 46.0 Å². The highest BCUT2D eigenvalue weighted by atomic mass is 28.3. The monoisotopic (exact) mass is 204 g/mol. The Morgan fingerprint density at radius 2 is 1.62 bits per heavy atom. The zero-order valence-corrected chi connectivity index (χ0v) is 10.7. The zero-order valence-electron chi connectivity index (χ0n) is 9.51. The summed E-state index contributed by atoms with van der Waals surface area (Å²) in [5.41, 5.74) is 0.708. The molecule has 80 valence electrons. The van der Waals surface area contributed by atoms with Gasteiger partial charge >= 0.3 is 9.28 Å². The molecule has 1 atom stereocenters. The molecular formula is C10H24O2Si. The Morgan fingerprint density at radius 1 is 1.00 bits per heavy atom. The van der Waals surface area contributed by atoms with E-state index in [-0.39, 0.29) is 0 Å². The lowest BCUT2D eigenvalue weighted by atomic mass is 10.1. The Morgan fingerprint density at radius 3 is 2.00 bits per heavy atom. The summed E-state index contributed by atoms with van der Waals surface area (Å²) in [6, 6.07) is 0. The second kappa shape index (κ2) is 8.72. The van der Waals surface area contributed by atoms with Gasteiger partial charge in [-0.25, -0.2) is 0 Å². The van der Waals surface area contributed by atoms with E-state index in [4.69, 9.17) is 8.85 Å². The Balaban J connectivity index is 3.88. The predicted octanol–water partition coefficient (Wildman–Crippen LogP) is 2.86. The SMILES string of the molecule is CCCCC(CCC)[SiH](OC)OC. The second-order valence-electron chi connectivity index (χ2n) is 3.53. The summed E-state index contributed by atoms with van der Waals surface area (Å²) in [6.45, 7) is 4.47. The van der Waals surface area contributed by atoms with Gasteiger partial charge in [-0.05, 0) is 18.4 Å². The maximum absolute atomic E-state index is 5.43. The van der Waals surface area contributed by atoms with Crippen molar-refractivity contribution in [2.45, 2.75) is 51.5 Å². The van der Waals surface area contributed by atoms with Crippen molar-refractivity contribution in [3.05, 3.63) is 0 Å². The number of hydrogen-bond donors (Lipinski definition) is 0. The smallest absolute Gasteiger partial charge is 0.324 e. The maximum atomic E-state index is 5.43. The normalized spacial score (nSPS) is 13.6. The second-order valence-corrected chi connectivity index (χ2v) is 6.15. The molecule has 0 rings (SSSR count). The van der Waals surface area contributed by atoms with Crippen molar-refractivity contribution in [1.82, 2.24) is 0 Å². The fourth-order valence-electron chi connectivity index (χ4n) is 1.73. The van der Waals surface area contributed by atoms with Gasteiger partial charge in [0.15, 0.2) is 0 Å². The summed E-state index contributed by atoms with van der Waals surface area (Å²) < 4.78 is 10.9. The average Bonchev–Trinajstić information content (AvgIpc) is 2.16. The molecule has 0 heterocycles. The molecule has 0 amide bonds. The Labute approximate surface area is 84.5 Å². The van der Waals surface area contributed by atoms with Crippen LogP contribution >= 0.6 is 0 Å². The average molecular weight is 204 g/mol. The van der Waals surface area contributed by atoms with E-state index in [9.17, 15) is 0 Å². The molecule has 2 nitrogen and oxygen atoms in total. The van der Waals surface area contributed by atoms with Gasteiger partial charge in [0.25, 0.3) is 0 Å². The minimum absolute atomic E-state index is 0.708. The summed E-state index contributed by atoms with van der Waals surface area (Å²) in [7, 11) is 2.22. The standard InChI is InChI=1S/C10H24O2Si/c1-5-7-9-10(8-6-2)13(11-3)12-4/h10,13H,5-9H2,1-4H3. The van der Waals surface area contributed by atoms with E-state index in [2.05, 4.69) is 13.8 Å². The third kappa shape index (κ3) is 5.44. The van der Waals surface area contributed by atoms with E-state index in [1.165, 1.54) is 32.1 Å². The quantitative estimate of drug-likeness (QED) is 0.566. The molecule has 0 saturated heterocycles.